The molecule has 0 saturated carbocycles. The molecule has 0 heterocycles. The van der Waals surface area contributed by atoms with Gasteiger partial charge in [-0.15, -0.1) is 0 Å². The summed E-state index contributed by atoms with van der Waals surface area (Å²) < 4.78 is 62.7. The number of benzene rings is 2. The standard InChI is InChI=1S/C10H8O8S2.K/c11-7-1-5-3-9(19(13,14)15)10(20(16,17)18)4-6(5)2-8(7)12;/h1-4,11-12H,(H,13,14,15)(H,16,17,18);. The zero-order valence-corrected chi connectivity index (χ0v) is 15.3. The van der Waals surface area contributed by atoms with Crippen LogP contribution in [0.15, 0.2) is 34.1 Å². The van der Waals surface area contributed by atoms with Crippen molar-refractivity contribution < 1.29 is 36.2 Å². The van der Waals surface area contributed by atoms with Crippen LogP contribution in [0.3, 0.4) is 0 Å². The van der Waals surface area contributed by atoms with E-state index >= 15 is 0 Å². The van der Waals surface area contributed by atoms with Crippen molar-refractivity contribution in [3.8, 4) is 11.5 Å². The third kappa shape index (κ3) is 3.94. The molecule has 0 atom stereocenters. The molecule has 109 valence electrons. The van der Waals surface area contributed by atoms with Crippen molar-refractivity contribution in [1.82, 2.24) is 0 Å². The molecular formula is C10H8KO8S2. The summed E-state index contributed by atoms with van der Waals surface area (Å²) in [5, 5.41) is 18.7. The van der Waals surface area contributed by atoms with E-state index in [2.05, 4.69) is 0 Å². The quantitative estimate of drug-likeness (QED) is 0.341. The van der Waals surface area contributed by atoms with Crippen molar-refractivity contribution in [2.75, 3.05) is 0 Å². The van der Waals surface area contributed by atoms with Crippen LogP contribution in [0.5, 0.6) is 11.5 Å². The number of phenolic OH excluding ortho intramolecular Hbond substituents is 2. The largest absolute Gasteiger partial charge is 0.504 e. The monoisotopic (exact) mass is 359 g/mol. The van der Waals surface area contributed by atoms with Crippen LogP contribution < -0.4 is 0 Å². The molecule has 0 aliphatic carbocycles. The molecule has 0 aromatic heterocycles. The van der Waals surface area contributed by atoms with Gasteiger partial charge in [-0.25, -0.2) is 0 Å². The van der Waals surface area contributed by atoms with Crippen LogP contribution in [0, 0.1) is 0 Å². The molecule has 0 spiro atoms. The molecule has 21 heavy (non-hydrogen) atoms. The van der Waals surface area contributed by atoms with E-state index in [0.717, 1.165) is 24.3 Å². The smallest absolute Gasteiger partial charge is 0.295 e. The maximum Gasteiger partial charge on any atom is 0.295 e. The van der Waals surface area contributed by atoms with Crippen LogP contribution in [-0.2, 0) is 20.2 Å². The van der Waals surface area contributed by atoms with Gasteiger partial charge >= 0.3 is 0 Å². The van der Waals surface area contributed by atoms with Gasteiger partial charge in [0.1, 0.15) is 9.79 Å². The molecule has 0 fully saturated rings. The summed E-state index contributed by atoms with van der Waals surface area (Å²) in [7, 11) is -9.83. The Labute approximate surface area is 162 Å². The van der Waals surface area contributed by atoms with Crippen LogP contribution in [0.25, 0.3) is 10.8 Å². The Bertz CT molecular complexity index is 841. The van der Waals surface area contributed by atoms with Crippen molar-refractivity contribution in [1.29, 1.82) is 0 Å². The van der Waals surface area contributed by atoms with Gasteiger partial charge in [-0.2, -0.15) is 16.8 Å². The number of hydrogen-bond acceptors (Lipinski definition) is 6. The average Bonchev–Trinajstić information content (AvgIpc) is 2.26. The van der Waals surface area contributed by atoms with Gasteiger partial charge in [0.2, 0.25) is 0 Å². The van der Waals surface area contributed by atoms with Crippen molar-refractivity contribution in [2.45, 2.75) is 9.79 Å². The van der Waals surface area contributed by atoms with Gasteiger partial charge < -0.3 is 10.2 Å². The van der Waals surface area contributed by atoms with E-state index in [1.165, 1.54) is 0 Å². The third-order valence-corrected chi connectivity index (χ3v) is 4.47. The van der Waals surface area contributed by atoms with E-state index in [4.69, 9.17) is 9.11 Å². The fourth-order valence-electron chi connectivity index (χ4n) is 1.69. The van der Waals surface area contributed by atoms with E-state index in [9.17, 15) is 27.0 Å². The van der Waals surface area contributed by atoms with Crippen LogP contribution in [0.4, 0.5) is 0 Å². The summed E-state index contributed by atoms with van der Waals surface area (Å²) in [6.07, 6.45) is 0. The van der Waals surface area contributed by atoms with Gasteiger partial charge in [-0.1, -0.05) is 0 Å². The molecular weight excluding hydrogens is 351 g/mol. The summed E-state index contributed by atoms with van der Waals surface area (Å²) in [6.45, 7) is 0. The SMILES string of the molecule is O=S(=O)(O)c1cc2cc(O)c(O)cc2cc1S(=O)(=O)O.[K]. The molecule has 4 N–H and O–H groups in total. The predicted octanol–water partition coefficient (Wildman–Crippen LogP) is 0.364. The molecule has 0 saturated heterocycles. The van der Waals surface area contributed by atoms with E-state index in [-0.39, 0.29) is 62.2 Å². The molecule has 0 aliphatic rings. The second-order valence-corrected chi connectivity index (χ2v) is 6.72. The van der Waals surface area contributed by atoms with Gasteiger partial charge in [-0.05, 0) is 35.0 Å². The van der Waals surface area contributed by atoms with Crippen molar-refractivity contribution in [3.63, 3.8) is 0 Å². The van der Waals surface area contributed by atoms with Gasteiger partial charge in [0.05, 0.1) is 0 Å². The molecule has 2 aromatic rings. The molecule has 0 amide bonds. The summed E-state index contributed by atoms with van der Waals surface area (Å²) in [6, 6.07) is 3.47. The van der Waals surface area contributed by atoms with Crippen molar-refractivity contribution in [3.05, 3.63) is 24.3 Å². The van der Waals surface area contributed by atoms with Gasteiger partial charge in [0.25, 0.3) is 20.2 Å². The molecule has 8 nitrogen and oxygen atoms in total. The maximum atomic E-state index is 11.2. The molecule has 0 bridgehead atoms. The Morgan fingerprint density at radius 2 is 0.952 bits per heavy atom. The number of rotatable bonds is 2. The van der Waals surface area contributed by atoms with E-state index in [1.54, 1.807) is 0 Å². The van der Waals surface area contributed by atoms with Crippen molar-refractivity contribution in [2.24, 2.45) is 0 Å². The second-order valence-electron chi connectivity index (χ2n) is 3.94. The number of fused-ring (bicyclic) bond motifs is 1. The number of aromatic hydroxyl groups is 2. The van der Waals surface area contributed by atoms with Gasteiger partial charge in [0, 0.05) is 51.4 Å². The molecule has 2 aromatic carbocycles. The third-order valence-electron chi connectivity index (χ3n) is 2.55. The van der Waals surface area contributed by atoms with Gasteiger partial charge in [0.15, 0.2) is 11.5 Å². The molecule has 1 radical (unpaired) electrons. The Morgan fingerprint density at radius 3 is 1.19 bits per heavy atom. The van der Waals surface area contributed by atoms with Crippen LogP contribution in [0.1, 0.15) is 0 Å². The molecule has 2 rings (SSSR count). The predicted molar refractivity (Wildman–Crippen MR) is 72.7 cm³/mol. The van der Waals surface area contributed by atoms with Crippen molar-refractivity contribution >= 4 is 82.4 Å². The average molecular weight is 359 g/mol. The summed E-state index contributed by atoms with van der Waals surface area (Å²) in [5.41, 5.74) is 0. The van der Waals surface area contributed by atoms with E-state index < -0.39 is 41.5 Å². The molecule has 0 aliphatic heterocycles. The summed E-state index contributed by atoms with van der Waals surface area (Å²) in [5.74, 6) is -1.11. The van der Waals surface area contributed by atoms with Crippen LogP contribution in [0.2, 0.25) is 0 Å². The minimum Gasteiger partial charge on any atom is -0.504 e. The minimum atomic E-state index is -4.91. The Hall–Kier alpha value is -0.244. The molecule has 11 heteroatoms. The summed E-state index contributed by atoms with van der Waals surface area (Å²) in [4.78, 5) is -2.06. The van der Waals surface area contributed by atoms with Gasteiger partial charge in [-0.3, -0.25) is 9.11 Å². The minimum absolute atomic E-state index is 0. The topological polar surface area (TPSA) is 149 Å². The maximum absolute atomic E-state index is 11.2. The Balaban J connectivity index is 0.00000220. The first kappa shape index (κ1) is 18.8. The summed E-state index contributed by atoms with van der Waals surface area (Å²) >= 11 is 0. The van der Waals surface area contributed by atoms with Crippen LogP contribution in [-0.4, -0.2) is 87.5 Å². The fourth-order valence-corrected chi connectivity index (χ4v) is 3.50. The fraction of sp³-hybridized carbons (Fsp3) is 0. The van der Waals surface area contributed by atoms with Crippen LogP contribution >= 0.6 is 0 Å². The first-order valence-electron chi connectivity index (χ1n) is 4.95. The molecule has 0 unspecified atom stereocenters. The van der Waals surface area contributed by atoms with E-state index in [0.29, 0.717) is 0 Å². The Kier molecular flexibility index (Phi) is 5.46. The number of hydrogen-bond donors (Lipinski definition) is 4. The normalized spacial score (nSPS) is 12.1. The first-order valence-corrected chi connectivity index (χ1v) is 7.83. The zero-order chi connectivity index (χ0) is 15.3. The van der Waals surface area contributed by atoms with E-state index in [1.807, 2.05) is 0 Å². The Morgan fingerprint density at radius 1 is 0.667 bits per heavy atom. The first-order chi connectivity index (χ1) is 9.00. The zero-order valence-electron chi connectivity index (χ0n) is 10.5. The number of phenols is 2. The second kappa shape index (κ2) is 6.10.